The molecule has 0 saturated carbocycles. The fraction of sp³-hybridized carbons (Fsp3) is 0.688. The third-order valence-corrected chi connectivity index (χ3v) is 4.57. The van der Waals surface area contributed by atoms with Crippen LogP contribution in [0.15, 0.2) is 6.07 Å². The minimum atomic E-state index is -0.459. The summed E-state index contributed by atoms with van der Waals surface area (Å²) in [7, 11) is 0. The average molecular weight is 310 g/mol. The molecule has 0 atom stereocenters. The lowest BCUT2D eigenvalue weighted by atomic mass is 10.2. The van der Waals surface area contributed by atoms with Crippen molar-refractivity contribution in [1.29, 1.82) is 0 Å². The molecule has 1 aromatic rings. The minimum Gasteiger partial charge on any atom is -0.444 e. The zero-order chi connectivity index (χ0) is 15.5. The third-order valence-electron chi connectivity index (χ3n) is 3.41. The van der Waals surface area contributed by atoms with Gasteiger partial charge in [0.15, 0.2) is 0 Å². The van der Waals surface area contributed by atoms with Crippen LogP contribution >= 0.6 is 11.3 Å². The molecule has 4 nitrogen and oxygen atoms in total. The summed E-state index contributed by atoms with van der Waals surface area (Å²) >= 11 is 1.68. The SMILES string of the molecule is CCCN1CCc2cc(NC(=O)OC(C)(C)C)sc2CC1. The number of nitrogens with zero attached hydrogens (tertiary/aromatic N) is 1. The second-order valence-electron chi connectivity index (χ2n) is 6.53. The highest BCUT2D eigenvalue weighted by Crippen LogP contribution is 2.30. The maximum Gasteiger partial charge on any atom is 0.412 e. The molecule has 0 unspecified atom stereocenters. The molecule has 0 fully saturated rings. The lowest BCUT2D eigenvalue weighted by Crippen LogP contribution is -2.27. The number of fused-ring (bicyclic) bond motifs is 1. The molecule has 1 amide bonds. The maximum absolute atomic E-state index is 11.8. The van der Waals surface area contributed by atoms with Crippen molar-refractivity contribution < 1.29 is 9.53 Å². The Labute approximate surface area is 131 Å². The molecule has 1 aromatic heterocycles. The first kappa shape index (κ1) is 16.3. The number of carbonyl (C=O) groups excluding carboxylic acids is 1. The minimum absolute atomic E-state index is 0.369. The molecule has 1 N–H and O–H groups in total. The van der Waals surface area contributed by atoms with Gasteiger partial charge in [-0.2, -0.15) is 0 Å². The van der Waals surface area contributed by atoms with Gasteiger partial charge in [-0.05, 0) is 58.2 Å². The summed E-state index contributed by atoms with van der Waals surface area (Å²) in [6.07, 6.45) is 2.99. The monoisotopic (exact) mass is 310 g/mol. The van der Waals surface area contributed by atoms with Gasteiger partial charge in [0, 0.05) is 18.0 Å². The van der Waals surface area contributed by atoms with Crippen molar-refractivity contribution in [3.63, 3.8) is 0 Å². The van der Waals surface area contributed by atoms with Crippen molar-refractivity contribution in [3.8, 4) is 0 Å². The standard InChI is InChI=1S/C16H26N2O2S/c1-5-8-18-9-6-12-11-14(21-13(12)7-10-18)17-15(19)20-16(2,3)4/h11H,5-10H2,1-4H3,(H,17,19). The van der Waals surface area contributed by atoms with Crippen LogP contribution in [0.1, 0.15) is 44.6 Å². The third kappa shape index (κ3) is 5.00. The number of carbonyl (C=O) groups is 1. The highest BCUT2D eigenvalue weighted by Gasteiger charge is 2.19. The van der Waals surface area contributed by atoms with Crippen LogP contribution in [0.25, 0.3) is 0 Å². The summed E-state index contributed by atoms with van der Waals surface area (Å²) in [5.41, 5.74) is 0.920. The Morgan fingerprint density at radius 1 is 1.38 bits per heavy atom. The van der Waals surface area contributed by atoms with Gasteiger partial charge in [-0.15, -0.1) is 11.3 Å². The smallest absolute Gasteiger partial charge is 0.412 e. The van der Waals surface area contributed by atoms with Gasteiger partial charge in [0.1, 0.15) is 5.60 Å². The van der Waals surface area contributed by atoms with Crippen LogP contribution in [0.3, 0.4) is 0 Å². The van der Waals surface area contributed by atoms with Crippen molar-refractivity contribution in [1.82, 2.24) is 4.90 Å². The first-order chi connectivity index (χ1) is 9.87. The molecule has 0 aromatic carbocycles. The van der Waals surface area contributed by atoms with Gasteiger partial charge in [-0.1, -0.05) is 6.92 Å². The number of ether oxygens (including phenoxy) is 1. The van der Waals surface area contributed by atoms with E-state index in [-0.39, 0.29) is 6.09 Å². The lowest BCUT2D eigenvalue weighted by molar-refractivity contribution is 0.0636. The summed E-state index contributed by atoms with van der Waals surface area (Å²) in [5.74, 6) is 0. The van der Waals surface area contributed by atoms with E-state index in [2.05, 4.69) is 23.2 Å². The van der Waals surface area contributed by atoms with Crippen molar-refractivity contribution in [3.05, 3.63) is 16.5 Å². The maximum atomic E-state index is 11.8. The fourth-order valence-electron chi connectivity index (χ4n) is 2.55. The van der Waals surface area contributed by atoms with Gasteiger partial charge in [-0.25, -0.2) is 4.79 Å². The molecule has 0 saturated heterocycles. The second-order valence-corrected chi connectivity index (χ2v) is 7.66. The molecule has 21 heavy (non-hydrogen) atoms. The Morgan fingerprint density at radius 2 is 2.10 bits per heavy atom. The molecule has 0 aliphatic carbocycles. The predicted octanol–water partition coefficient (Wildman–Crippen LogP) is 3.91. The number of anilines is 1. The Bertz CT molecular complexity index is 465. The summed E-state index contributed by atoms with van der Waals surface area (Å²) in [6, 6.07) is 2.11. The topological polar surface area (TPSA) is 41.6 Å². The predicted molar refractivity (Wildman–Crippen MR) is 88.3 cm³/mol. The average Bonchev–Trinajstić information content (AvgIpc) is 2.63. The van der Waals surface area contributed by atoms with Crippen LogP contribution in [-0.4, -0.2) is 36.2 Å². The van der Waals surface area contributed by atoms with Gasteiger partial charge < -0.3 is 9.64 Å². The van der Waals surface area contributed by atoms with Crippen LogP contribution in [0.2, 0.25) is 0 Å². The van der Waals surface area contributed by atoms with Gasteiger partial charge >= 0.3 is 6.09 Å². The number of hydrogen-bond acceptors (Lipinski definition) is 4. The number of amides is 1. The lowest BCUT2D eigenvalue weighted by Gasteiger charge is -2.19. The number of thiophene rings is 1. The van der Waals surface area contributed by atoms with Gasteiger partial charge in [-0.3, -0.25) is 5.32 Å². The normalized spacial score (nSPS) is 16.2. The van der Waals surface area contributed by atoms with Crippen molar-refractivity contribution in [2.45, 2.75) is 52.6 Å². The van der Waals surface area contributed by atoms with Gasteiger partial charge in [0.25, 0.3) is 0 Å². The molecule has 2 rings (SSSR count). The van der Waals surface area contributed by atoms with E-state index >= 15 is 0 Å². The molecule has 1 aliphatic heterocycles. The van der Waals surface area contributed by atoms with Gasteiger partial charge in [0.05, 0.1) is 5.00 Å². The molecule has 0 bridgehead atoms. The number of nitrogens with one attached hydrogen (secondary N) is 1. The van der Waals surface area contributed by atoms with Crippen LogP contribution < -0.4 is 5.32 Å². The Hall–Kier alpha value is -1.07. The van der Waals surface area contributed by atoms with Crippen LogP contribution in [0.4, 0.5) is 9.80 Å². The first-order valence-electron chi connectivity index (χ1n) is 7.71. The van der Waals surface area contributed by atoms with Crippen LogP contribution in [-0.2, 0) is 17.6 Å². The van der Waals surface area contributed by atoms with Crippen molar-refractivity contribution in [2.24, 2.45) is 0 Å². The van der Waals surface area contributed by atoms with Gasteiger partial charge in [0.2, 0.25) is 0 Å². The van der Waals surface area contributed by atoms with E-state index in [1.807, 2.05) is 20.8 Å². The van der Waals surface area contributed by atoms with Crippen LogP contribution in [0.5, 0.6) is 0 Å². The summed E-state index contributed by atoms with van der Waals surface area (Å²) < 4.78 is 5.30. The summed E-state index contributed by atoms with van der Waals surface area (Å²) in [5, 5.41) is 3.76. The molecule has 0 radical (unpaired) electrons. The van der Waals surface area contributed by atoms with E-state index in [1.54, 1.807) is 11.3 Å². The van der Waals surface area contributed by atoms with E-state index in [4.69, 9.17) is 4.74 Å². The van der Waals surface area contributed by atoms with Crippen LogP contribution in [0, 0.1) is 0 Å². The molecule has 118 valence electrons. The molecule has 0 spiro atoms. The van der Waals surface area contributed by atoms with Crippen molar-refractivity contribution in [2.75, 3.05) is 25.0 Å². The Morgan fingerprint density at radius 3 is 2.76 bits per heavy atom. The quantitative estimate of drug-likeness (QED) is 0.920. The zero-order valence-electron chi connectivity index (χ0n) is 13.5. The second kappa shape index (κ2) is 6.79. The van der Waals surface area contributed by atoms with E-state index in [0.717, 1.165) is 30.9 Å². The highest BCUT2D eigenvalue weighted by atomic mass is 32.1. The van der Waals surface area contributed by atoms with Crippen molar-refractivity contribution >= 4 is 22.4 Å². The number of hydrogen-bond donors (Lipinski definition) is 1. The fourth-order valence-corrected chi connectivity index (χ4v) is 3.63. The highest BCUT2D eigenvalue weighted by molar-refractivity contribution is 7.16. The van der Waals surface area contributed by atoms with E-state index in [0.29, 0.717) is 0 Å². The van der Waals surface area contributed by atoms with E-state index in [9.17, 15) is 4.79 Å². The van der Waals surface area contributed by atoms with E-state index < -0.39 is 5.60 Å². The summed E-state index contributed by atoms with van der Waals surface area (Å²) in [6.45, 7) is 11.3. The molecule has 5 heteroatoms. The molecule has 2 heterocycles. The zero-order valence-corrected chi connectivity index (χ0v) is 14.3. The first-order valence-corrected chi connectivity index (χ1v) is 8.53. The Balaban J connectivity index is 1.95. The summed E-state index contributed by atoms with van der Waals surface area (Å²) in [4.78, 5) is 15.7. The number of rotatable bonds is 3. The molecular weight excluding hydrogens is 284 g/mol. The molecule has 1 aliphatic rings. The largest absolute Gasteiger partial charge is 0.444 e. The molecular formula is C16H26N2O2S. The van der Waals surface area contributed by atoms with E-state index in [1.165, 1.54) is 23.4 Å². The Kier molecular flexibility index (Phi) is 5.27.